The van der Waals surface area contributed by atoms with Crippen molar-refractivity contribution in [2.75, 3.05) is 19.7 Å². The van der Waals surface area contributed by atoms with Gasteiger partial charge in [0, 0.05) is 6.54 Å². The van der Waals surface area contributed by atoms with Crippen LogP contribution < -0.4 is 5.32 Å². The molecule has 1 fully saturated rings. The fourth-order valence-electron chi connectivity index (χ4n) is 2.18. The van der Waals surface area contributed by atoms with E-state index >= 15 is 0 Å². The summed E-state index contributed by atoms with van der Waals surface area (Å²) < 4.78 is 5.56. The van der Waals surface area contributed by atoms with Crippen LogP contribution in [0.2, 0.25) is 0 Å². The summed E-state index contributed by atoms with van der Waals surface area (Å²) in [6.07, 6.45) is 0. The van der Waals surface area contributed by atoms with Crippen LogP contribution in [0.25, 0.3) is 0 Å². The van der Waals surface area contributed by atoms with Crippen LogP contribution in [-0.4, -0.2) is 52.3 Å². The van der Waals surface area contributed by atoms with Crippen LogP contribution >= 0.6 is 11.3 Å². The maximum atomic E-state index is 12.1. The Kier molecular flexibility index (Phi) is 4.48. The van der Waals surface area contributed by atoms with Crippen molar-refractivity contribution in [3.05, 3.63) is 15.6 Å². The number of carbonyl (C=O) groups is 2. The molecule has 1 aliphatic heterocycles. The van der Waals surface area contributed by atoms with E-state index in [4.69, 9.17) is 9.84 Å². The van der Waals surface area contributed by atoms with Gasteiger partial charge in [0.15, 0.2) is 0 Å². The summed E-state index contributed by atoms with van der Waals surface area (Å²) in [6, 6.07) is -0.184. The second kappa shape index (κ2) is 5.98. The normalized spacial score (nSPS) is 17.6. The number of urea groups is 1. The van der Waals surface area contributed by atoms with E-state index in [1.807, 2.05) is 13.8 Å². The highest BCUT2D eigenvalue weighted by molar-refractivity contribution is 7.13. The van der Waals surface area contributed by atoms with Crippen molar-refractivity contribution in [2.45, 2.75) is 32.9 Å². The molecule has 0 spiro atoms. The molecule has 0 unspecified atom stereocenters. The molecular weight excluding hydrogens is 294 g/mol. The third-order valence-electron chi connectivity index (χ3n) is 3.14. The number of amides is 2. The molecule has 1 aliphatic rings. The van der Waals surface area contributed by atoms with E-state index in [0.29, 0.717) is 30.4 Å². The molecule has 116 valence electrons. The third kappa shape index (κ3) is 3.92. The lowest BCUT2D eigenvalue weighted by atomic mass is 10.1. The van der Waals surface area contributed by atoms with E-state index in [9.17, 15) is 9.59 Å². The zero-order valence-corrected chi connectivity index (χ0v) is 13.1. The number of hydrogen-bond donors (Lipinski definition) is 2. The molecule has 2 heterocycles. The maximum Gasteiger partial charge on any atom is 0.347 e. The van der Waals surface area contributed by atoms with Gasteiger partial charge in [-0.25, -0.2) is 14.6 Å². The van der Waals surface area contributed by atoms with Gasteiger partial charge >= 0.3 is 12.0 Å². The molecule has 8 heteroatoms. The molecule has 0 atom stereocenters. The number of aromatic nitrogens is 1. The number of carbonyl (C=O) groups excluding carboxylic acids is 1. The van der Waals surface area contributed by atoms with Crippen LogP contribution in [0.1, 0.15) is 34.2 Å². The van der Waals surface area contributed by atoms with Crippen molar-refractivity contribution >= 4 is 23.3 Å². The van der Waals surface area contributed by atoms with Gasteiger partial charge in [-0.2, -0.15) is 0 Å². The number of aromatic carboxylic acids is 1. The average Bonchev–Trinajstić information content (AvgIpc) is 2.76. The van der Waals surface area contributed by atoms with Crippen LogP contribution in [0.4, 0.5) is 4.79 Å². The standard InChI is InChI=1S/C13H19N3O4S/c1-8-10(11(17)18)21-9(15-8)6-14-12(19)16-4-5-20-13(2,3)7-16/h4-7H2,1-3H3,(H,14,19)(H,17,18). The van der Waals surface area contributed by atoms with Crippen LogP contribution in [-0.2, 0) is 11.3 Å². The van der Waals surface area contributed by atoms with Crippen LogP contribution in [0, 0.1) is 6.92 Å². The Hall–Kier alpha value is -1.67. The smallest absolute Gasteiger partial charge is 0.347 e. The molecule has 0 aromatic carbocycles. The van der Waals surface area contributed by atoms with Gasteiger partial charge in [-0.15, -0.1) is 11.3 Å². The molecule has 0 radical (unpaired) electrons. The zero-order chi connectivity index (χ0) is 15.6. The number of morpholine rings is 1. The third-order valence-corrected chi connectivity index (χ3v) is 4.28. The molecule has 2 rings (SSSR count). The predicted molar refractivity (Wildman–Crippen MR) is 77.7 cm³/mol. The minimum Gasteiger partial charge on any atom is -0.477 e. The lowest BCUT2D eigenvalue weighted by Crippen LogP contribution is -2.53. The van der Waals surface area contributed by atoms with Gasteiger partial charge in [0.25, 0.3) is 0 Å². The summed E-state index contributed by atoms with van der Waals surface area (Å²) in [7, 11) is 0. The zero-order valence-electron chi connectivity index (χ0n) is 12.3. The van der Waals surface area contributed by atoms with E-state index in [1.165, 1.54) is 0 Å². The van der Waals surface area contributed by atoms with Gasteiger partial charge in [0.05, 0.1) is 31.0 Å². The van der Waals surface area contributed by atoms with Gasteiger partial charge in [-0.05, 0) is 20.8 Å². The number of carboxylic acids is 1. The van der Waals surface area contributed by atoms with E-state index in [2.05, 4.69) is 10.3 Å². The number of nitrogens with zero attached hydrogens (tertiary/aromatic N) is 2. The summed E-state index contributed by atoms with van der Waals surface area (Å²) >= 11 is 1.09. The molecule has 1 saturated heterocycles. The Balaban J connectivity index is 1.92. The van der Waals surface area contributed by atoms with E-state index in [-0.39, 0.29) is 23.1 Å². The fourth-order valence-corrected chi connectivity index (χ4v) is 3.02. The minimum atomic E-state index is -0.988. The number of aryl methyl sites for hydroxylation is 1. The Morgan fingerprint density at radius 1 is 1.52 bits per heavy atom. The fraction of sp³-hybridized carbons (Fsp3) is 0.615. The van der Waals surface area contributed by atoms with Crippen LogP contribution in [0.3, 0.4) is 0 Å². The summed E-state index contributed by atoms with van der Waals surface area (Å²) in [5.41, 5.74) is 0.133. The molecule has 0 bridgehead atoms. The Bertz CT molecular complexity index is 556. The quantitative estimate of drug-likeness (QED) is 0.881. The van der Waals surface area contributed by atoms with Crippen molar-refractivity contribution < 1.29 is 19.4 Å². The Morgan fingerprint density at radius 2 is 2.24 bits per heavy atom. The van der Waals surface area contributed by atoms with Gasteiger partial charge < -0.3 is 20.1 Å². The van der Waals surface area contributed by atoms with Crippen molar-refractivity contribution in [1.29, 1.82) is 0 Å². The number of nitrogens with one attached hydrogen (secondary N) is 1. The highest BCUT2D eigenvalue weighted by Crippen LogP contribution is 2.19. The highest BCUT2D eigenvalue weighted by atomic mass is 32.1. The minimum absolute atomic E-state index is 0.184. The monoisotopic (exact) mass is 313 g/mol. The maximum absolute atomic E-state index is 12.1. The number of hydrogen-bond acceptors (Lipinski definition) is 5. The van der Waals surface area contributed by atoms with E-state index in [0.717, 1.165) is 11.3 Å². The van der Waals surface area contributed by atoms with Gasteiger partial charge in [-0.1, -0.05) is 0 Å². The lowest BCUT2D eigenvalue weighted by molar-refractivity contribution is -0.0733. The van der Waals surface area contributed by atoms with E-state index < -0.39 is 5.97 Å². The van der Waals surface area contributed by atoms with Crippen molar-refractivity contribution in [1.82, 2.24) is 15.2 Å². The number of ether oxygens (including phenoxy) is 1. The number of rotatable bonds is 3. The van der Waals surface area contributed by atoms with Crippen molar-refractivity contribution in [2.24, 2.45) is 0 Å². The largest absolute Gasteiger partial charge is 0.477 e. The summed E-state index contributed by atoms with van der Waals surface area (Å²) in [5.74, 6) is -0.988. The summed E-state index contributed by atoms with van der Waals surface area (Å²) in [4.78, 5) is 29.1. The molecular formula is C13H19N3O4S. The topological polar surface area (TPSA) is 91.8 Å². The Morgan fingerprint density at radius 3 is 2.81 bits per heavy atom. The lowest BCUT2D eigenvalue weighted by Gasteiger charge is -2.37. The second-order valence-corrected chi connectivity index (χ2v) is 6.60. The van der Waals surface area contributed by atoms with Gasteiger partial charge in [0.1, 0.15) is 9.88 Å². The van der Waals surface area contributed by atoms with E-state index in [1.54, 1.807) is 11.8 Å². The Labute approximate surface area is 126 Å². The summed E-state index contributed by atoms with van der Waals surface area (Å²) in [6.45, 7) is 7.35. The first kappa shape index (κ1) is 15.7. The molecule has 1 aromatic heterocycles. The molecule has 0 aliphatic carbocycles. The van der Waals surface area contributed by atoms with Gasteiger partial charge in [0.2, 0.25) is 0 Å². The molecule has 2 N–H and O–H groups in total. The first-order valence-electron chi connectivity index (χ1n) is 6.65. The molecule has 2 amide bonds. The number of thiazole rings is 1. The van der Waals surface area contributed by atoms with Crippen LogP contribution in [0.15, 0.2) is 0 Å². The molecule has 1 aromatic rings. The van der Waals surface area contributed by atoms with Gasteiger partial charge in [-0.3, -0.25) is 0 Å². The predicted octanol–water partition coefficient (Wildman–Crippen LogP) is 1.47. The number of carboxylic acid groups (broad SMARTS) is 1. The average molecular weight is 313 g/mol. The molecule has 21 heavy (non-hydrogen) atoms. The first-order valence-corrected chi connectivity index (χ1v) is 7.46. The molecule has 0 saturated carbocycles. The molecule has 7 nitrogen and oxygen atoms in total. The van der Waals surface area contributed by atoms with Crippen molar-refractivity contribution in [3.8, 4) is 0 Å². The highest BCUT2D eigenvalue weighted by Gasteiger charge is 2.29. The van der Waals surface area contributed by atoms with Crippen LogP contribution in [0.5, 0.6) is 0 Å². The van der Waals surface area contributed by atoms with Crippen molar-refractivity contribution in [3.63, 3.8) is 0 Å². The SMILES string of the molecule is Cc1nc(CNC(=O)N2CCOC(C)(C)C2)sc1C(=O)O. The first-order chi connectivity index (χ1) is 9.78. The second-order valence-electron chi connectivity index (χ2n) is 5.52. The summed E-state index contributed by atoms with van der Waals surface area (Å²) in [5, 5.41) is 12.3.